The molecule has 3 rings (SSSR count). The minimum atomic E-state index is -0.179. The second kappa shape index (κ2) is 4.55. The van der Waals surface area contributed by atoms with Crippen LogP contribution in [0.5, 0.6) is 0 Å². The smallest absolute Gasteiger partial charge is 0.287 e. The van der Waals surface area contributed by atoms with Gasteiger partial charge in [0.2, 0.25) is 0 Å². The van der Waals surface area contributed by atoms with E-state index < -0.39 is 0 Å². The van der Waals surface area contributed by atoms with Gasteiger partial charge >= 0.3 is 0 Å². The van der Waals surface area contributed by atoms with Gasteiger partial charge in [0, 0.05) is 5.56 Å². The summed E-state index contributed by atoms with van der Waals surface area (Å²) in [6.45, 7) is 1.99. The van der Waals surface area contributed by atoms with E-state index in [0.29, 0.717) is 0 Å². The van der Waals surface area contributed by atoms with Crippen molar-refractivity contribution >= 4 is 11.6 Å². The molecule has 2 aromatic rings. The highest BCUT2D eigenvalue weighted by molar-refractivity contribution is 6.01. The molecule has 0 radical (unpaired) electrons. The van der Waals surface area contributed by atoms with Crippen LogP contribution in [-0.2, 0) is 4.79 Å². The van der Waals surface area contributed by atoms with Crippen LogP contribution in [0.2, 0.25) is 0 Å². The zero-order valence-corrected chi connectivity index (χ0v) is 9.84. The van der Waals surface area contributed by atoms with E-state index in [-0.39, 0.29) is 11.9 Å². The van der Waals surface area contributed by atoms with Gasteiger partial charge in [0.25, 0.3) is 5.91 Å². The summed E-state index contributed by atoms with van der Waals surface area (Å²) in [7, 11) is 0. The third-order valence-corrected chi connectivity index (χ3v) is 3.12. The highest BCUT2D eigenvalue weighted by atomic mass is 16.2. The summed E-state index contributed by atoms with van der Waals surface area (Å²) >= 11 is 0. The van der Waals surface area contributed by atoms with Gasteiger partial charge in [0.05, 0.1) is 5.69 Å². The van der Waals surface area contributed by atoms with Crippen LogP contribution in [0.4, 0.5) is 5.69 Å². The average molecular weight is 238 g/mol. The molecule has 1 aliphatic heterocycles. The van der Waals surface area contributed by atoms with Gasteiger partial charge in [0.15, 0.2) is 6.04 Å². The van der Waals surface area contributed by atoms with Gasteiger partial charge in [-0.1, -0.05) is 24.3 Å². The van der Waals surface area contributed by atoms with Gasteiger partial charge in [-0.05, 0) is 12.6 Å². The van der Waals surface area contributed by atoms with Crippen molar-refractivity contribution in [1.82, 2.24) is 0 Å². The first-order valence-corrected chi connectivity index (χ1v) is 5.97. The minimum Gasteiger partial charge on any atom is -0.354 e. The van der Waals surface area contributed by atoms with Crippen molar-refractivity contribution in [1.29, 1.82) is 0 Å². The lowest BCUT2D eigenvalue weighted by Gasteiger charge is -2.12. The molecule has 1 aliphatic rings. The average Bonchev–Trinajstić information content (AvgIpc) is 2.73. The molecule has 3 N–H and O–H groups in total. The number of hydrogen-bond donors (Lipinski definition) is 2. The van der Waals surface area contributed by atoms with E-state index in [1.165, 1.54) is 0 Å². The van der Waals surface area contributed by atoms with Crippen molar-refractivity contribution in [3.8, 4) is 0 Å². The zero-order valence-electron chi connectivity index (χ0n) is 9.84. The fourth-order valence-electron chi connectivity index (χ4n) is 2.20. The standard InChI is InChI=1S/C15H14N2O/c18-15-14(12-8-4-5-9-13(12)17-15)16-10-11-6-2-1-3-7-11/h1-10,14H,16H2,(H,17,18). The predicted octanol–water partition coefficient (Wildman–Crippen LogP) is 1.45. The Labute approximate surface area is 106 Å². The maximum Gasteiger partial charge on any atom is 0.287 e. The Morgan fingerprint density at radius 1 is 1.00 bits per heavy atom. The van der Waals surface area contributed by atoms with E-state index >= 15 is 0 Å². The third-order valence-electron chi connectivity index (χ3n) is 3.12. The van der Waals surface area contributed by atoms with Crippen LogP contribution < -0.4 is 10.6 Å². The molecular formula is C15H14N2O. The molecule has 0 saturated carbocycles. The monoisotopic (exact) mass is 238 g/mol. The summed E-state index contributed by atoms with van der Waals surface area (Å²) in [6.07, 6.45) is 0. The molecule has 0 saturated heterocycles. The summed E-state index contributed by atoms with van der Waals surface area (Å²) in [6, 6.07) is 17.6. The quantitative estimate of drug-likeness (QED) is 0.781. The maximum absolute atomic E-state index is 11.9. The van der Waals surface area contributed by atoms with Crippen LogP contribution >= 0.6 is 0 Å². The van der Waals surface area contributed by atoms with Crippen LogP contribution in [0.15, 0.2) is 54.6 Å². The lowest BCUT2D eigenvalue weighted by Crippen LogP contribution is -2.83. The summed E-state index contributed by atoms with van der Waals surface area (Å²) in [4.78, 5) is 11.9. The Kier molecular flexibility index (Phi) is 2.74. The number of carbonyl (C=O) groups is 1. The lowest BCUT2D eigenvalue weighted by molar-refractivity contribution is -0.640. The molecule has 1 atom stereocenters. The van der Waals surface area contributed by atoms with Crippen molar-refractivity contribution in [2.24, 2.45) is 0 Å². The largest absolute Gasteiger partial charge is 0.354 e. The number of anilines is 1. The number of hydrogen-bond acceptors (Lipinski definition) is 1. The second-order valence-corrected chi connectivity index (χ2v) is 4.32. The summed E-state index contributed by atoms with van der Waals surface area (Å²) in [5, 5.41) is 4.85. The van der Waals surface area contributed by atoms with Crippen molar-refractivity contribution in [2.75, 3.05) is 5.32 Å². The first-order chi connectivity index (χ1) is 8.84. The van der Waals surface area contributed by atoms with E-state index in [2.05, 4.69) is 5.32 Å². The molecule has 2 aromatic carbocycles. The molecule has 1 amide bonds. The van der Waals surface area contributed by atoms with Crippen molar-refractivity contribution in [2.45, 2.75) is 6.04 Å². The van der Waals surface area contributed by atoms with Crippen LogP contribution in [0.3, 0.4) is 0 Å². The minimum absolute atomic E-state index is 0.0448. The highest BCUT2D eigenvalue weighted by Crippen LogP contribution is 2.27. The molecule has 0 spiro atoms. The molecular weight excluding hydrogens is 224 g/mol. The molecule has 3 heteroatoms. The molecule has 0 aliphatic carbocycles. The van der Waals surface area contributed by atoms with Crippen molar-refractivity contribution in [3.05, 3.63) is 72.3 Å². The number of para-hydroxylation sites is 1. The van der Waals surface area contributed by atoms with Gasteiger partial charge in [0.1, 0.15) is 0 Å². The first kappa shape index (κ1) is 10.9. The molecule has 1 heterocycles. The number of rotatable bonds is 3. The van der Waals surface area contributed by atoms with E-state index in [1.807, 2.05) is 66.5 Å². The van der Waals surface area contributed by atoms with Crippen LogP contribution in [0.25, 0.3) is 0 Å². The van der Waals surface area contributed by atoms with Gasteiger partial charge in [-0.3, -0.25) is 4.79 Å². The number of fused-ring (bicyclic) bond motifs is 1. The normalized spacial score (nSPS) is 17.1. The van der Waals surface area contributed by atoms with Gasteiger partial charge < -0.3 is 10.6 Å². The fraction of sp³-hybridized carbons (Fsp3) is 0.0667. The molecule has 3 nitrogen and oxygen atoms in total. The summed E-state index contributed by atoms with van der Waals surface area (Å²) in [5.41, 5.74) is 3.08. The van der Waals surface area contributed by atoms with Gasteiger partial charge in [-0.2, -0.15) is 12.1 Å². The summed E-state index contributed by atoms with van der Waals surface area (Å²) < 4.78 is 0. The molecule has 1 unspecified atom stereocenters. The Morgan fingerprint density at radius 3 is 2.56 bits per heavy atom. The summed E-state index contributed by atoms with van der Waals surface area (Å²) in [5.74, 6) is 0.0448. The number of nitrogens with two attached hydrogens (primary N) is 1. The fourth-order valence-corrected chi connectivity index (χ4v) is 2.20. The predicted molar refractivity (Wildman–Crippen MR) is 69.6 cm³/mol. The molecule has 90 valence electrons. The highest BCUT2D eigenvalue weighted by Gasteiger charge is 2.32. The van der Waals surface area contributed by atoms with Gasteiger partial charge in [-0.25, -0.2) is 0 Å². The van der Waals surface area contributed by atoms with E-state index in [9.17, 15) is 4.79 Å². The van der Waals surface area contributed by atoms with Crippen molar-refractivity contribution < 1.29 is 10.1 Å². The van der Waals surface area contributed by atoms with Crippen LogP contribution in [0, 0.1) is 6.54 Å². The number of quaternary nitrogens is 1. The van der Waals surface area contributed by atoms with Gasteiger partial charge in [-0.15, -0.1) is 17.7 Å². The molecule has 18 heavy (non-hydrogen) atoms. The Bertz CT molecular complexity index is 566. The van der Waals surface area contributed by atoms with E-state index in [4.69, 9.17) is 0 Å². The molecule has 0 aromatic heterocycles. The topological polar surface area (TPSA) is 45.7 Å². The van der Waals surface area contributed by atoms with E-state index in [0.717, 1.165) is 16.8 Å². The lowest BCUT2D eigenvalue weighted by atomic mass is 10.1. The van der Waals surface area contributed by atoms with Crippen molar-refractivity contribution in [3.63, 3.8) is 0 Å². The van der Waals surface area contributed by atoms with E-state index in [1.54, 1.807) is 0 Å². The zero-order chi connectivity index (χ0) is 12.4. The Morgan fingerprint density at radius 2 is 1.72 bits per heavy atom. The number of amides is 1. The Hall–Kier alpha value is -2.26. The number of carbonyl (C=O) groups excluding carboxylic acids is 1. The SMILES string of the molecule is O=C1Nc2ccccc2C1[NH2+][CH-]c1ccccc1. The van der Waals surface area contributed by atoms with Crippen LogP contribution in [0.1, 0.15) is 17.2 Å². The number of nitrogens with one attached hydrogen (secondary N) is 1. The second-order valence-electron chi connectivity index (χ2n) is 4.32. The Balaban J connectivity index is 1.76. The molecule has 0 fully saturated rings. The van der Waals surface area contributed by atoms with Crippen LogP contribution in [-0.4, -0.2) is 5.91 Å². The number of benzene rings is 2. The molecule has 0 bridgehead atoms. The first-order valence-electron chi connectivity index (χ1n) is 5.97. The maximum atomic E-state index is 11.9. The third kappa shape index (κ3) is 1.96.